The van der Waals surface area contributed by atoms with Gasteiger partial charge in [-0.2, -0.15) is 0 Å². The second kappa shape index (κ2) is 6.75. The van der Waals surface area contributed by atoms with E-state index in [9.17, 15) is 9.59 Å². The molecule has 0 saturated carbocycles. The number of benzene rings is 1. The number of nitrogens with one attached hydrogen (secondary N) is 3. The van der Waals surface area contributed by atoms with Crippen molar-refractivity contribution in [3.8, 4) is 0 Å². The van der Waals surface area contributed by atoms with Gasteiger partial charge in [0.2, 0.25) is 5.91 Å². The summed E-state index contributed by atoms with van der Waals surface area (Å²) in [6, 6.07) is 11.3. The summed E-state index contributed by atoms with van der Waals surface area (Å²) in [6.45, 7) is 0.0576. The first-order valence-electron chi connectivity index (χ1n) is 8.19. The summed E-state index contributed by atoms with van der Waals surface area (Å²) in [5.74, 6) is -0.617. The molecule has 26 heavy (non-hydrogen) atoms. The molecule has 6 nitrogen and oxygen atoms in total. The SMILES string of the molecule is NC(=O)CN[C@@H]1c2ccccc2C[C@H]1NC(=O)c1cc2cc(Cl)sc2[nH]1. The standard InChI is InChI=1S/C18H17ClN4O2S/c19-14-7-10-6-13(23-18(10)26-14)17(25)22-12-5-9-3-1-2-4-11(9)16(12)21-8-15(20)24/h1-4,6-7,12,16,21,23H,5,8H2,(H2,20,24)(H,22,25)/t12-,16-/m1/s1. The molecule has 1 aromatic carbocycles. The molecule has 8 heteroatoms. The van der Waals surface area contributed by atoms with Gasteiger partial charge in [0, 0.05) is 5.39 Å². The number of aromatic nitrogens is 1. The van der Waals surface area contributed by atoms with Gasteiger partial charge in [0.25, 0.3) is 5.91 Å². The number of nitrogens with two attached hydrogens (primary N) is 1. The highest BCUT2D eigenvalue weighted by Crippen LogP contribution is 2.32. The van der Waals surface area contributed by atoms with E-state index in [1.54, 1.807) is 6.07 Å². The average molecular weight is 389 g/mol. The zero-order valence-corrected chi connectivity index (χ0v) is 15.3. The van der Waals surface area contributed by atoms with Gasteiger partial charge in [0.05, 0.1) is 23.0 Å². The molecular formula is C18H17ClN4O2S. The smallest absolute Gasteiger partial charge is 0.268 e. The van der Waals surface area contributed by atoms with Crippen molar-refractivity contribution in [2.45, 2.75) is 18.5 Å². The second-order valence-electron chi connectivity index (χ2n) is 6.33. The molecule has 4 rings (SSSR count). The summed E-state index contributed by atoms with van der Waals surface area (Å²) in [4.78, 5) is 27.8. The number of rotatable bonds is 5. The molecule has 2 aromatic heterocycles. The Morgan fingerprint density at radius 1 is 1.31 bits per heavy atom. The lowest BCUT2D eigenvalue weighted by Gasteiger charge is -2.22. The fraction of sp³-hybridized carbons (Fsp3) is 0.222. The number of fused-ring (bicyclic) bond motifs is 2. The number of halogens is 1. The first-order valence-corrected chi connectivity index (χ1v) is 9.39. The molecule has 2 heterocycles. The van der Waals surface area contributed by atoms with Crippen LogP contribution in [0.3, 0.4) is 0 Å². The van der Waals surface area contributed by atoms with Gasteiger partial charge in [0.1, 0.15) is 10.5 Å². The van der Waals surface area contributed by atoms with Gasteiger partial charge in [0.15, 0.2) is 0 Å². The van der Waals surface area contributed by atoms with Gasteiger partial charge in [-0.3, -0.25) is 14.9 Å². The molecule has 3 aromatic rings. The molecule has 5 N–H and O–H groups in total. The van der Waals surface area contributed by atoms with E-state index >= 15 is 0 Å². The van der Waals surface area contributed by atoms with Gasteiger partial charge in [-0.1, -0.05) is 35.9 Å². The van der Waals surface area contributed by atoms with Gasteiger partial charge in [-0.15, -0.1) is 11.3 Å². The van der Waals surface area contributed by atoms with Crippen LogP contribution in [0.25, 0.3) is 10.2 Å². The fourth-order valence-corrected chi connectivity index (χ4v) is 4.58. The maximum atomic E-state index is 12.7. The van der Waals surface area contributed by atoms with E-state index in [1.807, 2.05) is 30.3 Å². The first-order chi connectivity index (χ1) is 12.5. The third-order valence-electron chi connectivity index (χ3n) is 4.57. The topological polar surface area (TPSA) is 100 Å². The number of hydrogen-bond donors (Lipinski definition) is 4. The van der Waals surface area contributed by atoms with Crippen molar-refractivity contribution in [3.63, 3.8) is 0 Å². The van der Waals surface area contributed by atoms with E-state index in [1.165, 1.54) is 11.3 Å². The van der Waals surface area contributed by atoms with Crippen LogP contribution < -0.4 is 16.4 Å². The summed E-state index contributed by atoms with van der Waals surface area (Å²) in [5, 5.41) is 7.15. The zero-order valence-electron chi connectivity index (χ0n) is 13.7. The van der Waals surface area contributed by atoms with Gasteiger partial charge >= 0.3 is 0 Å². The van der Waals surface area contributed by atoms with Gasteiger partial charge in [-0.25, -0.2) is 0 Å². The zero-order chi connectivity index (χ0) is 18.3. The maximum absolute atomic E-state index is 12.7. The van der Waals surface area contributed by atoms with Crippen LogP contribution in [0.5, 0.6) is 0 Å². The number of carbonyl (C=O) groups is 2. The van der Waals surface area contributed by atoms with E-state index in [0.29, 0.717) is 16.5 Å². The number of primary amides is 1. The van der Waals surface area contributed by atoms with Gasteiger partial charge < -0.3 is 16.0 Å². The lowest BCUT2D eigenvalue weighted by molar-refractivity contribution is -0.117. The third kappa shape index (κ3) is 3.21. The lowest BCUT2D eigenvalue weighted by atomic mass is 10.1. The Hall–Kier alpha value is -2.35. The quantitative estimate of drug-likeness (QED) is 0.539. The van der Waals surface area contributed by atoms with Crippen LogP contribution >= 0.6 is 22.9 Å². The van der Waals surface area contributed by atoms with Crippen molar-refractivity contribution in [2.75, 3.05) is 6.54 Å². The van der Waals surface area contributed by atoms with E-state index in [-0.39, 0.29) is 24.5 Å². The fourth-order valence-electron chi connectivity index (χ4n) is 3.45. The number of amides is 2. The maximum Gasteiger partial charge on any atom is 0.268 e. The number of hydrogen-bond acceptors (Lipinski definition) is 4. The van der Waals surface area contributed by atoms with Crippen LogP contribution in [0.2, 0.25) is 4.34 Å². The minimum atomic E-state index is -0.430. The van der Waals surface area contributed by atoms with Crippen LogP contribution in [0.4, 0.5) is 0 Å². The molecule has 0 spiro atoms. The number of H-pyrrole nitrogens is 1. The summed E-state index contributed by atoms with van der Waals surface area (Å²) >= 11 is 7.38. The Kier molecular flexibility index (Phi) is 4.44. The minimum absolute atomic E-state index is 0.0576. The highest BCUT2D eigenvalue weighted by atomic mass is 35.5. The molecule has 2 amide bonds. The van der Waals surface area contributed by atoms with E-state index in [2.05, 4.69) is 15.6 Å². The molecule has 0 saturated heterocycles. The van der Waals surface area contributed by atoms with E-state index in [4.69, 9.17) is 17.3 Å². The molecule has 2 atom stereocenters. The van der Waals surface area contributed by atoms with Gasteiger partial charge in [-0.05, 0) is 29.7 Å². The summed E-state index contributed by atoms with van der Waals surface area (Å²) < 4.78 is 0.681. The van der Waals surface area contributed by atoms with Crippen molar-refractivity contribution in [1.82, 2.24) is 15.6 Å². The Labute approximate surface area is 158 Å². The first kappa shape index (κ1) is 17.1. The largest absolute Gasteiger partial charge is 0.369 e. The molecule has 0 aliphatic heterocycles. The van der Waals surface area contributed by atoms with Crippen LogP contribution in [0, 0.1) is 0 Å². The summed E-state index contributed by atoms with van der Waals surface area (Å²) in [6.07, 6.45) is 0.694. The van der Waals surface area contributed by atoms with Crippen LogP contribution in [0.15, 0.2) is 36.4 Å². The van der Waals surface area contributed by atoms with Crippen LogP contribution in [-0.4, -0.2) is 29.4 Å². The Balaban J connectivity index is 1.54. The highest BCUT2D eigenvalue weighted by Gasteiger charge is 2.33. The van der Waals surface area contributed by atoms with Crippen molar-refractivity contribution >= 4 is 45.0 Å². The normalized spacial score (nSPS) is 18.8. The van der Waals surface area contributed by atoms with Crippen molar-refractivity contribution in [2.24, 2.45) is 5.73 Å². The monoisotopic (exact) mass is 388 g/mol. The van der Waals surface area contributed by atoms with E-state index in [0.717, 1.165) is 21.3 Å². The predicted octanol–water partition coefficient (Wildman–Crippen LogP) is 2.35. The molecule has 0 unspecified atom stereocenters. The molecular weight excluding hydrogens is 372 g/mol. The number of aromatic amines is 1. The second-order valence-corrected chi connectivity index (χ2v) is 8.01. The predicted molar refractivity (Wildman–Crippen MR) is 103 cm³/mol. The summed E-state index contributed by atoms with van der Waals surface area (Å²) in [5.41, 5.74) is 8.00. The van der Waals surface area contributed by atoms with Crippen molar-refractivity contribution < 1.29 is 9.59 Å². The molecule has 0 radical (unpaired) electrons. The number of carbonyl (C=O) groups excluding carboxylic acids is 2. The van der Waals surface area contributed by atoms with E-state index < -0.39 is 5.91 Å². The molecule has 0 fully saturated rings. The molecule has 134 valence electrons. The third-order valence-corrected chi connectivity index (χ3v) is 5.76. The Morgan fingerprint density at radius 2 is 2.12 bits per heavy atom. The average Bonchev–Trinajstić information content (AvgIpc) is 3.23. The Morgan fingerprint density at radius 3 is 2.88 bits per heavy atom. The molecule has 1 aliphatic carbocycles. The molecule has 0 bridgehead atoms. The number of thiophene rings is 1. The molecule has 1 aliphatic rings. The summed E-state index contributed by atoms with van der Waals surface area (Å²) in [7, 11) is 0. The van der Waals surface area contributed by atoms with Crippen LogP contribution in [-0.2, 0) is 11.2 Å². The highest BCUT2D eigenvalue weighted by molar-refractivity contribution is 7.22. The minimum Gasteiger partial charge on any atom is -0.369 e. The Bertz CT molecular complexity index is 965. The van der Waals surface area contributed by atoms with Crippen molar-refractivity contribution in [1.29, 1.82) is 0 Å². The lowest BCUT2D eigenvalue weighted by Crippen LogP contribution is -2.44. The van der Waals surface area contributed by atoms with Crippen LogP contribution in [0.1, 0.15) is 27.7 Å². The van der Waals surface area contributed by atoms with Crippen molar-refractivity contribution in [3.05, 3.63) is 57.6 Å².